The molecule has 0 radical (unpaired) electrons. The van der Waals surface area contributed by atoms with Crippen LogP contribution < -0.4 is 10.1 Å². The molecule has 4 nitrogen and oxygen atoms in total. The van der Waals surface area contributed by atoms with Crippen LogP contribution in [0.2, 0.25) is 0 Å². The zero-order valence-corrected chi connectivity index (χ0v) is 12.0. The van der Waals surface area contributed by atoms with Crippen molar-refractivity contribution in [3.63, 3.8) is 0 Å². The quantitative estimate of drug-likeness (QED) is 0.905. The molecule has 0 saturated heterocycles. The Morgan fingerprint density at radius 1 is 1.47 bits per heavy atom. The molecular weight excluding hydrogens is 240 g/mol. The van der Waals surface area contributed by atoms with Crippen LogP contribution in [0.1, 0.15) is 45.1 Å². The van der Waals surface area contributed by atoms with E-state index in [-0.39, 0.29) is 11.3 Å². The number of rotatable bonds is 4. The summed E-state index contributed by atoms with van der Waals surface area (Å²) in [6, 6.07) is 1.91. The number of amides is 1. The second-order valence-corrected chi connectivity index (χ2v) is 5.50. The molecule has 1 amide bonds. The van der Waals surface area contributed by atoms with E-state index >= 15 is 0 Å². The predicted molar refractivity (Wildman–Crippen MR) is 75.3 cm³/mol. The third-order valence-electron chi connectivity index (χ3n) is 3.82. The summed E-state index contributed by atoms with van der Waals surface area (Å²) in [5.74, 6) is 0.739. The van der Waals surface area contributed by atoms with Crippen molar-refractivity contribution < 1.29 is 9.53 Å². The van der Waals surface area contributed by atoms with Gasteiger partial charge in [-0.25, -0.2) is 4.98 Å². The highest BCUT2D eigenvalue weighted by Crippen LogP contribution is 2.38. The third-order valence-corrected chi connectivity index (χ3v) is 3.82. The van der Waals surface area contributed by atoms with Crippen LogP contribution in [0.3, 0.4) is 0 Å². The number of nitrogens with zero attached hydrogens (tertiary/aromatic N) is 1. The summed E-state index contributed by atoms with van der Waals surface area (Å²) in [4.78, 5) is 16.5. The lowest BCUT2D eigenvalue weighted by molar-refractivity contribution is -0.124. The molecule has 0 spiro atoms. The van der Waals surface area contributed by atoms with Gasteiger partial charge in [0, 0.05) is 11.0 Å². The van der Waals surface area contributed by atoms with E-state index in [1.165, 1.54) is 0 Å². The van der Waals surface area contributed by atoms with Gasteiger partial charge in [-0.15, -0.1) is 0 Å². The Morgan fingerprint density at radius 3 is 2.74 bits per heavy atom. The average molecular weight is 262 g/mol. The van der Waals surface area contributed by atoms with Crippen LogP contribution in [0.5, 0.6) is 5.88 Å². The first-order valence-corrected chi connectivity index (χ1v) is 6.96. The van der Waals surface area contributed by atoms with Gasteiger partial charge in [-0.1, -0.05) is 19.8 Å². The minimum absolute atomic E-state index is 0.107. The highest BCUT2D eigenvalue weighted by atomic mass is 16.5. The Hall–Kier alpha value is -1.58. The van der Waals surface area contributed by atoms with Crippen LogP contribution >= 0.6 is 0 Å². The molecule has 0 aromatic carbocycles. The molecule has 1 saturated carbocycles. The Labute approximate surface area is 114 Å². The van der Waals surface area contributed by atoms with Gasteiger partial charge in [-0.05, 0) is 32.8 Å². The fraction of sp³-hybridized carbons (Fsp3) is 0.600. The van der Waals surface area contributed by atoms with Gasteiger partial charge in [0.1, 0.15) is 0 Å². The summed E-state index contributed by atoms with van der Waals surface area (Å²) < 4.78 is 5.39. The molecule has 0 aliphatic heterocycles. The summed E-state index contributed by atoms with van der Waals surface area (Å²) in [6.07, 6.45) is 5.90. The molecule has 1 aromatic rings. The van der Waals surface area contributed by atoms with Gasteiger partial charge < -0.3 is 10.1 Å². The minimum atomic E-state index is -0.216. The molecule has 104 valence electrons. The second-order valence-electron chi connectivity index (χ2n) is 5.50. The van der Waals surface area contributed by atoms with E-state index in [2.05, 4.69) is 10.3 Å². The molecule has 19 heavy (non-hydrogen) atoms. The number of aromatic nitrogens is 1. The van der Waals surface area contributed by atoms with E-state index in [1.807, 2.05) is 26.8 Å². The first-order valence-electron chi connectivity index (χ1n) is 6.96. The number of hydrogen-bond acceptors (Lipinski definition) is 3. The van der Waals surface area contributed by atoms with E-state index in [9.17, 15) is 4.79 Å². The second kappa shape index (κ2) is 5.59. The van der Waals surface area contributed by atoms with E-state index in [0.717, 1.165) is 36.9 Å². The van der Waals surface area contributed by atoms with Crippen molar-refractivity contribution in [2.24, 2.45) is 5.41 Å². The van der Waals surface area contributed by atoms with E-state index < -0.39 is 0 Å². The lowest BCUT2D eigenvalue weighted by Gasteiger charge is -2.22. The molecule has 1 aromatic heterocycles. The molecule has 0 bridgehead atoms. The standard InChI is InChI=1S/C15H22N2O2/c1-4-19-13-11(2)9-12(10-16-13)17-14(18)15(3)7-5-6-8-15/h9-10H,4-8H2,1-3H3,(H,17,18). The Bertz CT molecular complexity index is 465. The van der Waals surface area contributed by atoms with Crippen LogP contribution in [0.4, 0.5) is 5.69 Å². The Balaban J connectivity index is 2.07. The molecule has 1 heterocycles. The third kappa shape index (κ3) is 3.06. The highest BCUT2D eigenvalue weighted by Gasteiger charge is 2.36. The SMILES string of the molecule is CCOc1ncc(NC(=O)C2(C)CCCC2)cc1C. The number of aryl methyl sites for hydroxylation is 1. The molecule has 4 heteroatoms. The van der Waals surface area contributed by atoms with Crippen molar-refractivity contribution in [3.05, 3.63) is 17.8 Å². The van der Waals surface area contributed by atoms with Gasteiger partial charge in [-0.2, -0.15) is 0 Å². The molecule has 0 unspecified atom stereocenters. The van der Waals surface area contributed by atoms with Crippen molar-refractivity contribution in [2.75, 3.05) is 11.9 Å². The van der Waals surface area contributed by atoms with Gasteiger partial charge in [-0.3, -0.25) is 4.79 Å². The minimum Gasteiger partial charge on any atom is -0.478 e. The first kappa shape index (κ1) is 13.8. The van der Waals surface area contributed by atoms with Crippen molar-refractivity contribution in [2.45, 2.75) is 46.5 Å². The smallest absolute Gasteiger partial charge is 0.230 e. The zero-order chi connectivity index (χ0) is 13.9. The topological polar surface area (TPSA) is 51.2 Å². The number of carbonyl (C=O) groups excluding carboxylic acids is 1. The monoisotopic (exact) mass is 262 g/mol. The van der Waals surface area contributed by atoms with Crippen LogP contribution in [-0.2, 0) is 4.79 Å². The van der Waals surface area contributed by atoms with E-state index in [0.29, 0.717) is 12.5 Å². The van der Waals surface area contributed by atoms with Crippen molar-refractivity contribution >= 4 is 11.6 Å². The summed E-state index contributed by atoms with van der Waals surface area (Å²) >= 11 is 0. The maximum atomic E-state index is 12.3. The molecule has 1 N–H and O–H groups in total. The number of nitrogens with one attached hydrogen (secondary N) is 1. The summed E-state index contributed by atoms with van der Waals surface area (Å²) in [7, 11) is 0. The molecule has 1 fully saturated rings. The summed E-state index contributed by atoms with van der Waals surface area (Å²) in [5, 5.41) is 2.98. The van der Waals surface area contributed by atoms with Gasteiger partial charge >= 0.3 is 0 Å². The lowest BCUT2D eigenvalue weighted by atomic mass is 9.88. The summed E-state index contributed by atoms with van der Waals surface area (Å²) in [5.41, 5.74) is 1.47. The molecule has 2 rings (SSSR count). The maximum Gasteiger partial charge on any atom is 0.230 e. The fourth-order valence-corrected chi connectivity index (χ4v) is 2.58. The number of carbonyl (C=O) groups is 1. The zero-order valence-electron chi connectivity index (χ0n) is 12.0. The van der Waals surface area contributed by atoms with Crippen LogP contribution in [0, 0.1) is 12.3 Å². The average Bonchev–Trinajstić information content (AvgIpc) is 2.81. The predicted octanol–water partition coefficient (Wildman–Crippen LogP) is 3.31. The van der Waals surface area contributed by atoms with Crippen molar-refractivity contribution in [3.8, 4) is 5.88 Å². The largest absolute Gasteiger partial charge is 0.478 e. The maximum absolute atomic E-state index is 12.3. The molecule has 1 aliphatic rings. The highest BCUT2D eigenvalue weighted by molar-refractivity contribution is 5.95. The molecular formula is C15H22N2O2. The molecule has 0 atom stereocenters. The van der Waals surface area contributed by atoms with Gasteiger partial charge in [0.05, 0.1) is 18.5 Å². The van der Waals surface area contributed by atoms with Gasteiger partial charge in [0.25, 0.3) is 0 Å². The number of anilines is 1. The van der Waals surface area contributed by atoms with E-state index in [1.54, 1.807) is 6.20 Å². The van der Waals surface area contributed by atoms with Crippen molar-refractivity contribution in [1.29, 1.82) is 0 Å². The number of pyridine rings is 1. The lowest BCUT2D eigenvalue weighted by Crippen LogP contribution is -2.30. The summed E-state index contributed by atoms with van der Waals surface area (Å²) in [6.45, 7) is 6.50. The normalized spacial score (nSPS) is 17.2. The number of hydrogen-bond donors (Lipinski definition) is 1. The molecule has 1 aliphatic carbocycles. The number of ether oxygens (including phenoxy) is 1. The van der Waals surface area contributed by atoms with E-state index in [4.69, 9.17) is 4.74 Å². The van der Waals surface area contributed by atoms with Gasteiger partial charge in [0.2, 0.25) is 11.8 Å². The first-order chi connectivity index (χ1) is 9.05. The fourth-order valence-electron chi connectivity index (χ4n) is 2.58. The van der Waals surface area contributed by atoms with Gasteiger partial charge in [0.15, 0.2) is 0 Å². The van der Waals surface area contributed by atoms with Crippen LogP contribution in [-0.4, -0.2) is 17.5 Å². The van der Waals surface area contributed by atoms with Crippen LogP contribution in [0.25, 0.3) is 0 Å². The Morgan fingerprint density at radius 2 is 2.16 bits per heavy atom. The Kier molecular flexibility index (Phi) is 4.08. The van der Waals surface area contributed by atoms with Crippen LogP contribution in [0.15, 0.2) is 12.3 Å². The van der Waals surface area contributed by atoms with Crippen molar-refractivity contribution in [1.82, 2.24) is 4.98 Å².